The molecule has 0 radical (unpaired) electrons. The molecule has 0 saturated heterocycles. The molecule has 2 N–H and O–H groups in total. The molecule has 0 atom stereocenters. The van der Waals surface area contributed by atoms with Crippen LogP contribution in [0.3, 0.4) is 0 Å². The van der Waals surface area contributed by atoms with Crippen LogP contribution in [-0.4, -0.2) is 18.9 Å². The lowest BCUT2D eigenvalue weighted by Crippen LogP contribution is -2.43. The lowest BCUT2D eigenvalue weighted by Gasteiger charge is -2.19. The summed E-state index contributed by atoms with van der Waals surface area (Å²) in [7, 11) is -3.55. The zero-order chi connectivity index (χ0) is 11.7. The second kappa shape index (κ2) is 4.36. The average molecular weight is 314 g/mol. The predicted molar refractivity (Wildman–Crippen MR) is 65.2 cm³/mol. The Labute approximate surface area is 102 Å². The molecular weight excluding hydrogens is 302 g/mol. The molecule has 0 aliphatic rings. The van der Waals surface area contributed by atoms with Gasteiger partial charge in [0.15, 0.2) is 5.13 Å². The van der Waals surface area contributed by atoms with E-state index >= 15 is 0 Å². The molecule has 1 heterocycles. The highest BCUT2D eigenvalue weighted by atomic mass is 79.9. The summed E-state index contributed by atoms with van der Waals surface area (Å²) in [6.07, 6.45) is 1.54. The zero-order valence-corrected chi connectivity index (χ0v) is 11.8. The molecule has 1 aromatic rings. The highest BCUT2D eigenvalue weighted by molar-refractivity contribution is 9.11. The zero-order valence-electron chi connectivity index (χ0n) is 8.54. The van der Waals surface area contributed by atoms with Crippen molar-refractivity contribution in [2.75, 3.05) is 4.72 Å². The minimum Gasteiger partial charge on any atom is -0.246 e. The quantitative estimate of drug-likeness (QED) is 0.896. The largest absolute Gasteiger partial charge is 0.301 e. The summed E-state index contributed by atoms with van der Waals surface area (Å²) in [6.45, 7) is 5.30. The van der Waals surface area contributed by atoms with Crippen molar-refractivity contribution in [1.82, 2.24) is 9.71 Å². The van der Waals surface area contributed by atoms with Crippen LogP contribution >= 0.6 is 27.3 Å². The molecule has 0 saturated carbocycles. The number of nitrogens with zero attached hydrogens (tertiary/aromatic N) is 1. The Morgan fingerprint density at radius 3 is 2.47 bits per heavy atom. The minimum atomic E-state index is -3.55. The Morgan fingerprint density at radius 2 is 2.07 bits per heavy atom. The molecule has 0 bridgehead atoms. The summed E-state index contributed by atoms with van der Waals surface area (Å²) in [4.78, 5) is 3.87. The fourth-order valence-corrected chi connectivity index (χ4v) is 3.44. The molecule has 0 aliphatic heterocycles. The number of hydrogen-bond acceptors (Lipinski definition) is 4. The van der Waals surface area contributed by atoms with E-state index in [1.807, 2.05) is 0 Å². The van der Waals surface area contributed by atoms with Gasteiger partial charge in [0.25, 0.3) is 0 Å². The van der Waals surface area contributed by atoms with Crippen LogP contribution in [-0.2, 0) is 10.2 Å². The van der Waals surface area contributed by atoms with Gasteiger partial charge in [-0.3, -0.25) is 0 Å². The molecule has 86 valence electrons. The average Bonchev–Trinajstić information content (AvgIpc) is 2.27. The second-order valence-corrected chi connectivity index (χ2v) is 7.75. The van der Waals surface area contributed by atoms with Crippen LogP contribution < -0.4 is 9.44 Å². The fraction of sp³-hybridized carbons (Fsp3) is 0.571. The van der Waals surface area contributed by atoms with Gasteiger partial charge in [-0.15, -0.1) is 0 Å². The number of thiazole rings is 1. The van der Waals surface area contributed by atoms with Gasteiger partial charge in [0.05, 0.1) is 9.98 Å². The van der Waals surface area contributed by atoms with Gasteiger partial charge in [0, 0.05) is 5.54 Å². The Morgan fingerprint density at radius 1 is 1.47 bits per heavy atom. The number of anilines is 1. The van der Waals surface area contributed by atoms with E-state index in [1.165, 1.54) is 11.3 Å². The van der Waals surface area contributed by atoms with E-state index in [1.54, 1.807) is 27.0 Å². The summed E-state index contributed by atoms with van der Waals surface area (Å²) < 4.78 is 28.7. The fourth-order valence-electron chi connectivity index (χ4n) is 0.845. The monoisotopic (exact) mass is 313 g/mol. The molecule has 1 rings (SSSR count). The van der Waals surface area contributed by atoms with E-state index in [0.717, 1.165) is 3.79 Å². The summed E-state index contributed by atoms with van der Waals surface area (Å²) in [5, 5.41) is 0.332. The van der Waals surface area contributed by atoms with Crippen molar-refractivity contribution in [3.63, 3.8) is 0 Å². The third-order valence-electron chi connectivity index (χ3n) is 1.14. The van der Waals surface area contributed by atoms with Crippen molar-refractivity contribution in [3.05, 3.63) is 9.98 Å². The first kappa shape index (κ1) is 12.9. The maximum Gasteiger partial charge on any atom is 0.301 e. The van der Waals surface area contributed by atoms with Crippen LogP contribution in [0.4, 0.5) is 5.13 Å². The summed E-state index contributed by atoms with van der Waals surface area (Å²) >= 11 is 4.42. The Kier molecular flexibility index (Phi) is 3.75. The molecule has 0 aromatic carbocycles. The van der Waals surface area contributed by atoms with E-state index < -0.39 is 15.7 Å². The van der Waals surface area contributed by atoms with Gasteiger partial charge in [0.1, 0.15) is 0 Å². The highest BCUT2D eigenvalue weighted by Crippen LogP contribution is 2.23. The van der Waals surface area contributed by atoms with Crippen molar-refractivity contribution in [2.24, 2.45) is 0 Å². The third-order valence-corrected chi connectivity index (χ3v) is 4.00. The smallest absolute Gasteiger partial charge is 0.246 e. The van der Waals surface area contributed by atoms with Crippen molar-refractivity contribution in [1.29, 1.82) is 0 Å². The van der Waals surface area contributed by atoms with Gasteiger partial charge in [-0.1, -0.05) is 11.3 Å². The first-order valence-corrected chi connectivity index (χ1v) is 7.20. The second-order valence-electron chi connectivity index (χ2n) is 3.93. The highest BCUT2D eigenvalue weighted by Gasteiger charge is 2.20. The first-order chi connectivity index (χ1) is 6.68. The van der Waals surface area contributed by atoms with Gasteiger partial charge in [-0.2, -0.15) is 13.1 Å². The topological polar surface area (TPSA) is 71.1 Å². The van der Waals surface area contributed by atoms with Crippen molar-refractivity contribution >= 4 is 42.6 Å². The summed E-state index contributed by atoms with van der Waals surface area (Å²) in [6, 6.07) is 0. The summed E-state index contributed by atoms with van der Waals surface area (Å²) in [5.74, 6) is 0. The first-order valence-electron chi connectivity index (χ1n) is 4.11. The normalized spacial score (nSPS) is 12.8. The number of nitrogens with one attached hydrogen (secondary N) is 2. The van der Waals surface area contributed by atoms with Crippen LogP contribution in [0.2, 0.25) is 0 Å². The van der Waals surface area contributed by atoms with Crippen LogP contribution in [0.25, 0.3) is 0 Å². The Bertz CT molecular complexity index is 435. The lowest BCUT2D eigenvalue weighted by molar-refractivity contribution is 0.494. The molecule has 0 aliphatic carbocycles. The Balaban J connectivity index is 2.73. The SMILES string of the molecule is CC(C)(C)NS(=O)(=O)Nc1ncc(Br)s1. The van der Waals surface area contributed by atoms with Crippen molar-refractivity contribution in [2.45, 2.75) is 26.3 Å². The molecule has 15 heavy (non-hydrogen) atoms. The minimum absolute atomic E-state index is 0.332. The Hall–Kier alpha value is -0.180. The molecule has 0 fully saturated rings. The number of hydrogen-bond donors (Lipinski definition) is 2. The van der Waals surface area contributed by atoms with Gasteiger partial charge in [-0.25, -0.2) is 9.71 Å². The van der Waals surface area contributed by atoms with Gasteiger partial charge in [0.2, 0.25) is 0 Å². The van der Waals surface area contributed by atoms with Gasteiger partial charge >= 0.3 is 10.2 Å². The van der Waals surface area contributed by atoms with Gasteiger partial charge < -0.3 is 0 Å². The number of aromatic nitrogens is 1. The standard InChI is InChI=1S/C7H12BrN3O2S2/c1-7(2,3)11-15(12,13)10-6-9-4-5(8)14-6/h4,11H,1-3H3,(H,9,10). The molecule has 8 heteroatoms. The molecule has 1 aromatic heterocycles. The van der Waals surface area contributed by atoms with E-state index in [2.05, 4.69) is 30.4 Å². The molecule has 0 spiro atoms. The predicted octanol–water partition coefficient (Wildman–Crippen LogP) is 1.95. The summed E-state index contributed by atoms with van der Waals surface area (Å²) in [5.41, 5.74) is -0.514. The van der Waals surface area contributed by atoms with Crippen molar-refractivity contribution in [3.8, 4) is 0 Å². The maximum atomic E-state index is 11.6. The van der Waals surface area contributed by atoms with Crippen molar-refractivity contribution < 1.29 is 8.42 Å². The van der Waals surface area contributed by atoms with Crippen LogP contribution in [0.5, 0.6) is 0 Å². The molecule has 5 nitrogen and oxygen atoms in total. The third kappa shape index (κ3) is 4.92. The van der Waals surface area contributed by atoms with E-state index in [0.29, 0.717) is 5.13 Å². The molecular formula is C7H12BrN3O2S2. The molecule has 0 amide bonds. The van der Waals surface area contributed by atoms with Crippen LogP contribution in [0.15, 0.2) is 9.98 Å². The van der Waals surface area contributed by atoms with Crippen LogP contribution in [0.1, 0.15) is 20.8 Å². The number of rotatable bonds is 3. The molecule has 0 unspecified atom stereocenters. The van der Waals surface area contributed by atoms with E-state index in [9.17, 15) is 8.42 Å². The van der Waals surface area contributed by atoms with Gasteiger partial charge in [-0.05, 0) is 36.7 Å². The maximum absolute atomic E-state index is 11.6. The lowest BCUT2D eigenvalue weighted by atomic mass is 10.1. The number of halogens is 1. The van der Waals surface area contributed by atoms with E-state index in [-0.39, 0.29) is 0 Å². The van der Waals surface area contributed by atoms with E-state index in [4.69, 9.17) is 0 Å². The van der Waals surface area contributed by atoms with Crippen LogP contribution in [0, 0.1) is 0 Å².